The van der Waals surface area contributed by atoms with E-state index in [-0.39, 0.29) is 0 Å². The Labute approximate surface area is 122 Å². The molecule has 2 fully saturated rings. The predicted molar refractivity (Wildman–Crippen MR) is 84.1 cm³/mol. The van der Waals surface area contributed by atoms with E-state index in [9.17, 15) is 0 Å². The molecule has 0 radical (unpaired) electrons. The van der Waals surface area contributed by atoms with E-state index < -0.39 is 0 Å². The first kappa shape index (κ1) is 14.9. The van der Waals surface area contributed by atoms with E-state index >= 15 is 0 Å². The van der Waals surface area contributed by atoms with Crippen LogP contribution in [0.25, 0.3) is 0 Å². The molecule has 2 aliphatic carbocycles. The second kappa shape index (κ2) is 5.85. The molecule has 0 bridgehead atoms. The van der Waals surface area contributed by atoms with E-state index in [1.807, 2.05) is 0 Å². The highest BCUT2D eigenvalue weighted by molar-refractivity contribution is 9.09. The second-order valence-corrected chi connectivity index (χ2v) is 9.16. The molecule has 5 unspecified atom stereocenters. The van der Waals surface area contributed by atoms with Gasteiger partial charge in [-0.15, -0.1) is 0 Å². The molecule has 0 nitrogen and oxygen atoms in total. The highest BCUT2D eigenvalue weighted by Gasteiger charge is 2.41. The van der Waals surface area contributed by atoms with Gasteiger partial charge in [0.25, 0.3) is 0 Å². The third-order valence-electron chi connectivity index (χ3n) is 5.94. The lowest BCUT2D eigenvalue weighted by Gasteiger charge is -2.46. The molecule has 0 aliphatic heterocycles. The topological polar surface area (TPSA) is 0 Å². The maximum Gasteiger partial charge on any atom is 0.0146 e. The van der Waals surface area contributed by atoms with E-state index in [0.29, 0.717) is 5.41 Å². The minimum absolute atomic E-state index is 0.546. The highest BCUT2D eigenvalue weighted by atomic mass is 79.9. The fourth-order valence-electron chi connectivity index (χ4n) is 4.50. The molecule has 0 aromatic carbocycles. The minimum atomic E-state index is 0.546. The average Bonchev–Trinajstić information content (AvgIpc) is 2.36. The van der Waals surface area contributed by atoms with Crippen molar-refractivity contribution < 1.29 is 0 Å². The van der Waals surface area contributed by atoms with Crippen LogP contribution in [0.3, 0.4) is 0 Å². The first-order valence-electron chi connectivity index (χ1n) is 8.04. The van der Waals surface area contributed by atoms with Crippen LogP contribution in [0.4, 0.5) is 0 Å². The molecule has 0 saturated heterocycles. The third-order valence-corrected chi connectivity index (χ3v) is 6.85. The minimum Gasteiger partial charge on any atom is -0.0891 e. The summed E-state index contributed by atoms with van der Waals surface area (Å²) in [4.78, 5) is 0.761. The molecule has 5 atom stereocenters. The van der Waals surface area contributed by atoms with E-state index in [1.165, 1.54) is 44.9 Å². The third kappa shape index (κ3) is 3.32. The Morgan fingerprint density at radius 1 is 0.944 bits per heavy atom. The molecular weight excluding hydrogens is 284 g/mol. The van der Waals surface area contributed by atoms with Crippen LogP contribution in [0.1, 0.15) is 72.6 Å². The number of rotatable bonds is 0. The van der Waals surface area contributed by atoms with Gasteiger partial charge < -0.3 is 0 Å². The Bertz CT molecular complexity index is 271. The van der Waals surface area contributed by atoms with Crippen molar-refractivity contribution in [2.45, 2.75) is 77.5 Å². The zero-order chi connectivity index (χ0) is 13.3. The standard InChI is InChI=1S/C17H31Br/c1-12-5-8-15-13(2)6-7-14(18)9-10-17(3,4)16(15)11-12/h12-16H,5-11H2,1-4H3. The van der Waals surface area contributed by atoms with Gasteiger partial charge in [-0.25, -0.2) is 0 Å². The number of halogens is 1. The van der Waals surface area contributed by atoms with Crippen molar-refractivity contribution in [1.82, 2.24) is 0 Å². The van der Waals surface area contributed by atoms with Gasteiger partial charge in [0.1, 0.15) is 0 Å². The summed E-state index contributed by atoms with van der Waals surface area (Å²) >= 11 is 3.90. The quantitative estimate of drug-likeness (QED) is 0.478. The van der Waals surface area contributed by atoms with Crippen molar-refractivity contribution in [2.24, 2.45) is 29.1 Å². The molecule has 2 aliphatic rings. The summed E-state index contributed by atoms with van der Waals surface area (Å²) in [6, 6.07) is 0. The summed E-state index contributed by atoms with van der Waals surface area (Å²) < 4.78 is 0. The van der Waals surface area contributed by atoms with Crippen molar-refractivity contribution in [3.8, 4) is 0 Å². The van der Waals surface area contributed by atoms with Crippen molar-refractivity contribution >= 4 is 15.9 Å². The number of hydrogen-bond acceptors (Lipinski definition) is 0. The largest absolute Gasteiger partial charge is 0.0891 e. The predicted octanol–water partition coefficient (Wildman–Crippen LogP) is 6.04. The van der Waals surface area contributed by atoms with Gasteiger partial charge in [0.2, 0.25) is 0 Å². The smallest absolute Gasteiger partial charge is 0.0146 e. The van der Waals surface area contributed by atoms with Gasteiger partial charge in [-0.05, 0) is 67.6 Å². The van der Waals surface area contributed by atoms with Crippen LogP contribution in [0.5, 0.6) is 0 Å². The molecular formula is C17H31Br. The first-order valence-corrected chi connectivity index (χ1v) is 8.96. The van der Waals surface area contributed by atoms with Crippen LogP contribution in [-0.4, -0.2) is 4.83 Å². The zero-order valence-electron chi connectivity index (χ0n) is 12.7. The molecule has 0 amide bonds. The molecule has 106 valence electrons. The molecule has 1 heteroatoms. The van der Waals surface area contributed by atoms with E-state index in [1.54, 1.807) is 0 Å². The lowest BCUT2D eigenvalue weighted by Crippen LogP contribution is -2.38. The molecule has 0 spiro atoms. The van der Waals surface area contributed by atoms with E-state index in [0.717, 1.165) is 28.5 Å². The molecule has 2 rings (SSSR count). The summed E-state index contributed by atoms with van der Waals surface area (Å²) in [6.45, 7) is 10.1. The van der Waals surface area contributed by atoms with Gasteiger partial charge in [0.15, 0.2) is 0 Å². The molecule has 0 N–H and O–H groups in total. The average molecular weight is 315 g/mol. The summed E-state index contributed by atoms with van der Waals surface area (Å²) in [7, 11) is 0. The SMILES string of the molecule is CC1CCC2C(C)CCC(Br)CCC(C)(C)C2C1. The van der Waals surface area contributed by atoms with Gasteiger partial charge in [0, 0.05) is 4.83 Å². The molecule has 0 heterocycles. The van der Waals surface area contributed by atoms with Crippen LogP contribution in [0.2, 0.25) is 0 Å². The number of alkyl halides is 1. The fraction of sp³-hybridized carbons (Fsp3) is 1.00. The van der Waals surface area contributed by atoms with Gasteiger partial charge in [-0.2, -0.15) is 0 Å². The molecule has 18 heavy (non-hydrogen) atoms. The van der Waals surface area contributed by atoms with E-state index in [2.05, 4.69) is 43.6 Å². The van der Waals surface area contributed by atoms with E-state index in [4.69, 9.17) is 0 Å². The first-order chi connectivity index (χ1) is 8.40. The van der Waals surface area contributed by atoms with Gasteiger partial charge in [-0.3, -0.25) is 0 Å². The van der Waals surface area contributed by atoms with Gasteiger partial charge >= 0.3 is 0 Å². The van der Waals surface area contributed by atoms with Gasteiger partial charge in [-0.1, -0.05) is 50.0 Å². The molecule has 0 aromatic heterocycles. The van der Waals surface area contributed by atoms with Crippen LogP contribution >= 0.6 is 15.9 Å². The van der Waals surface area contributed by atoms with Crippen LogP contribution < -0.4 is 0 Å². The Hall–Kier alpha value is 0.480. The van der Waals surface area contributed by atoms with Crippen LogP contribution in [0, 0.1) is 29.1 Å². The Morgan fingerprint density at radius 3 is 2.39 bits per heavy atom. The van der Waals surface area contributed by atoms with Crippen molar-refractivity contribution in [3.05, 3.63) is 0 Å². The monoisotopic (exact) mass is 314 g/mol. The number of fused-ring (bicyclic) bond motifs is 1. The molecule has 0 aromatic rings. The lowest BCUT2D eigenvalue weighted by molar-refractivity contribution is 0.0340. The second-order valence-electron chi connectivity index (χ2n) is 7.87. The Morgan fingerprint density at radius 2 is 1.67 bits per heavy atom. The Balaban J connectivity index is 2.20. The van der Waals surface area contributed by atoms with Crippen LogP contribution in [0.15, 0.2) is 0 Å². The maximum atomic E-state index is 3.90. The summed E-state index contributed by atoms with van der Waals surface area (Å²) in [5, 5.41) is 0. The summed E-state index contributed by atoms with van der Waals surface area (Å²) in [5.41, 5.74) is 0.546. The maximum absolute atomic E-state index is 3.90. The van der Waals surface area contributed by atoms with Crippen LogP contribution in [-0.2, 0) is 0 Å². The summed E-state index contributed by atoms with van der Waals surface area (Å²) in [5.74, 6) is 3.85. The van der Waals surface area contributed by atoms with Crippen molar-refractivity contribution in [3.63, 3.8) is 0 Å². The van der Waals surface area contributed by atoms with Crippen molar-refractivity contribution in [2.75, 3.05) is 0 Å². The normalized spacial score (nSPS) is 45.5. The van der Waals surface area contributed by atoms with Gasteiger partial charge in [0.05, 0.1) is 0 Å². The molecule has 2 saturated carbocycles. The number of hydrogen-bond donors (Lipinski definition) is 0. The Kier molecular flexibility index (Phi) is 4.84. The zero-order valence-corrected chi connectivity index (χ0v) is 14.3. The lowest BCUT2D eigenvalue weighted by atomic mass is 9.59. The van der Waals surface area contributed by atoms with Crippen molar-refractivity contribution in [1.29, 1.82) is 0 Å². The highest BCUT2D eigenvalue weighted by Crippen LogP contribution is 2.51. The fourth-order valence-corrected chi connectivity index (χ4v) is 4.99. The summed E-state index contributed by atoms with van der Waals surface area (Å²) in [6.07, 6.45) is 10.0.